The standard InChI is InChI=1S/C14H20O3/c1-12(16)17-10-6-5-9-14(11-15)13-7-3-2-4-8-13/h2-4,7-8,14-15H,5-6,9-11H2,1H3/t14-/m0/s1. The van der Waals surface area contributed by atoms with Crippen LogP contribution in [0.5, 0.6) is 0 Å². The van der Waals surface area contributed by atoms with Crippen LogP contribution in [0.4, 0.5) is 0 Å². The third-order valence-corrected chi connectivity index (χ3v) is 2.74. The van der Waals surface area contributed by atoms with Gasteiger partial charge in [0.25, 0.3) is 0 Å². The van der Waals surface area contributed by atoms with Crippen LogP contribution in [-0.2, 0) is 9.53 Å². The minimum atomic E-state index is -0.230. The van der Waals surface area contributed by atoms with Crippen LogP contribution >= 0.6 is 0 Å². The molecule has 0 bridgehead atoms. The van der Waals surface area contributed by atoms with Crippen LogP contribution in [0.2, 0.25) is 0 Å². The molecular weight excluding hydrogens is 216 g/mol. The Labute approximate surface area is 102 Å². The van der Waals surface area contributed by atoms with E-state index >= 15 is 0 Å². The first-order valence-electron chi connectivity index (χ1n) is 6.03. The maximum absolute atomic E-state index is 10.6. The van der Waals surface area contributed by atoms with Crippen LogP contribution in [0.1, 0.15) is 37.7 Å². The third kappa shape index (κ3) is 5.50. The Morgan fingerprint density at radius 3 is 2.59 bits per heavy atom. The Hall–Kier alpha value is -1.35. The van der Waals surface area contributed by atoms with E-state index in [1.807, 2.05) is 30.3 Å². The largest absolute Gasteiger partial charge is 0.466 e. The number of carbonyl (C=O) groups excluding carboxylic acids is 1. The van der Waals surface area contributed by atoms with E-state index in [-0.39, 0.29) is 18.5 Å². The Morgan fingerprint density at radius 2 is 2.00 bits per heavy atom. The molecule has 0 heterocycles. The Balaban J connectivity index is 2.26. The molecule has 0 saturated heterocycles. The van der Waals surface area contributed by atoms with Gasteiger partial charge in [-0.15, -0.1) is 0 Å². The van der Waals surface area contributed by atoms with Gasteiger partial charge in [0, 0.05) is 19.4 Å². The molecule has 1 atom stereocenters. The zero-order chi connectivity index (χ0) is 12.5. The monoisotopic (exact) mass is 236 g/mol. The second-order valence-corrected chi connectivity index (χ2v) is 4.13. The van der Waals surface area contributed by atoms with Gasteiger partial charge in [-0.3, -0.25) is 4.79 Å². The molecular formula is C14H20O3. The van der Waals surface area contributed by atoms with Crippen molar-refractivity contribution < 1.29 is 14.6 Å². The first-order chi connectivity index (χ1) is 8.24. The summed E-state index contributed by atoms with van der Waals surface area (Å²) in [5.74, 6) is -0.0414. The topological polar surface area (TPSA) is 46.5 Å². The summed E-state index contributed by atoms with van der Waals surface area (Å²) in [7, 11) is 0. The Morgan fingerprint density at radius 1 is 1.29 bits per heavy atom. The normalized spacial score (nSPS) is 12.1. The van der Waals surface area contributed by atoms with E-state index in [1.165, 1.54) is 12.5 Å². The minimum Gasteiger partial charge on any atom is -0.466 e. The summed E-state index contributed by atoms with van der Waals surface area (Å²) in [6.07, 6.45) is 2.72. The number of ether oxygens (including phenoxy) is 1. The molecule has 1 aromatic carbocycles. The highest BCUT2D eigenvalue weighted by atomic mass is 16.5. The van der Waals surface area contributed by atoms with Gasteiger partial charge in [0.15, 0.2) is 0 Å². The van der Waals surface area contributed by atoms with Crippen LogP contribution < -0.4 is 0 Å². The van der Waals surface area contributed by atoms with Gasteiger partial charge in [-0.05, 0) is 24.8 Å². The second-order valence-electron chi connectivity index (χ2n) is 4.13. The van der Waals surface area contributed by atoms with Gasteiger partial charge in [0.05, 0.1) is 6.61 Å². The molecule has 3 heteroatoms. The molecule has 0 radical (unpaired) electrons. The van der Waals surface area contributed by atoms with Crippen LogP contribution in [-0.4, -0.2) is 24.3 Å². The van der Waals surface area contributed by atoms with Gasteiger partial charge >= 0.3 is 5.97 Å². The fourth-order valence-electron chi connectivity index (χ4n) is 1.80. The minimum absolute atomic E-state index is 0.164. The predicted molar refractivity (Wildman–Crippen MR) is 66.8 cm³/mol. The number of aliphatic hydroxyl groups is 1. The molecule has 1 N–H and O–H groups in total. The molecule has 0 fully saturated rings. The van der Waals surface area contributed by atoms with Crippen molar-refractivity contribution in [2.24, 2.45) is 0 Å². The highest BCUT2D eigenvalue weighted by Crippen LogP contribution is 2.21. The van der Waals surface area contributed by atoms with E-state index < -0.39 is 0 Å². The Bertz CT molecular complexity index is 321. The van der Waals surface area contributed by atoms with E-state index in [9.17, 15) is 9.90 Å². The summed E-state index contributed by atoms with van der Waals surface area (Å²) in [6.45, 7) is 2.06. The number of carbonyl (C=O) groups is 1. The molecule has 0 aliphatic heterocycles. The number of aliphatic hydroxyl groups excluding tert-OH is 1. The summed E-state index contributed by atoms with van der Waals surface area (Å²) in [5.41, 5.74) is 1.17. The van der Waals surface area contributed by atoms with Gasteiger partial charge in [-0.25, -0.2) is 0 Å². The molecule has 17 heavy (non-hydrogen) atoms. The lowest BCUT2D eigenvalue weighted by Crippen LogP contribution is -2.05. The van der Waals surface area contributed by atoms with E-state index in [1.54, 1.807) is 0 Å². The average Bonchev–Trinajstić information content (AvgIpc) is 2.34. The van der Waals surface area contributed by atoms with Crippen molar-refractivity contribution in [3.63, 3.8) is 0 Å². The van der Waals surface area contributed by atoms with Crippen molar-refractivity contribution >= 4 is 5.97 Å². The van der Waals surface area contributed by atoms with E-state index in [0.29, 0.717) is 6.61 Å². The zero-order valence-electron chi connectivity index (χ0n) is 10.3. The van der Waals surface area contributed by atoms with Crippen LogP contribution in [0.25, 0.3) is 0 Å². The summed E-state index contributed by atoms with van der Waals surface area (Å²) in [5, 5.41) is 9.34. The van der Waals surface area contributed by atoms with Gasteiger partial charge in [0.1, 0.15) is 0 Å². The fraction of sp³-hybridized carbons (Fsp3) is 0.500. The average molecular weight is 236 g/mol. The van der Waals surface area contributed by atoms with E-state index in [2.05, 4.69) is 0 Å². The summed E-state index contributed by atoms with van der Waals surface area (Å²) < 4.78 is 4.86. The first-order valence-corrected chi connectivity index (χ1v) is 6.03. The quantitative estimate of drug-likeness (QED) is 0.584. The van der Waals surface area contributed by atoms with E-state index in [0.717, 1.165) is 19.3 Å². The van der Waals surface area contributed by atoms with Crippen molar-refractivity contribution in [1.29, 1.82) is 0 Å². The molecule has 0 spiro atoms. The van der Waals surface area contributed by atoms with Crippen LogP contribution in [0, 0.1) is 0 Å². The molecule has 94 valence electrons. The third-order valence-electron chi connectivity index (χ3n) is 2.74. The summed E-state index contributed by atoms with van der Waals surface area (Å²) >= 11 is 0. The molecule has 0 aliphatic rings. The van der Waals surface area contributed by atoms with Gasteiger partial charge in [0.2, 0.25) is 0 Å². The molecule has 0 amide bonds. The lowest BCUT2D eigenvalue weighted by Gasteiger charge is -2.14. The lowest BCUT2D eigenvalue weighted by atomic mass is 9.94. The molecule has 0 unspecified atom stereocenters. The number of hydrogen-bond donors (Lipinski definition) is 1. The first kappa shape index (κ1) is 13.7. The smallest absolute Gasteiger partial charge is 0.302 e. The summed E-state index contributed by atoms with van der Waals surface area (Å²) in [4.78, 5) is 10.6. The number of esters is 1. The van der Waals surface area contributed by atoms with Crippen LogP contribution in [0.3, 0.4) is 0 Å². The van der Waals surface area contributed by atoms with Gasteiger partial charge < -0.3 is 9.84 Å². The lowest BCUT2D eigenvalue weighted by molar-refractivity contribution is -0.141. The van der Waals surface area contributed by atoms with Crippen molar-refractivity contribution in [1.82, 2.24) is 0 Å². The molecule has 0 saturated carbocycles. The fourth-order valence-corrected chi connectivity index (χ4v) is 1.80. The maximum Gasteiger partial charge on any atom is 0.302 e. The van der Waals surface area contributed by atoms with Crippen molar-refractivity contribution in [2.45, 2.75) is 32.1 Å². The van der Waals surface area contributed by atoms with Crippen LogP contribution in [0.15, 0.2) is 30.3 Å². The van der Waals surface area contributed by atoms with E-state index in [4.69, 9.17) is 4.74 Å². The van der Waals surface area contributed by atoms with Crippen molar-refractivity contribution in [3.05, 3.63) is 35.9 Å². The second kappa shape index (κ2) is 7.85. The summed E-state index contributed by atoms with van der Waals surface area (Å²) in [6, 6.07) is 10.0. The molecule has 3 nitrogen and oxygen atoms in total. The molecule has 0 aromatic heterocycles. The van der Waals surface area contributed by atoms with Crippen molar-refractivity contribution in [3.8, 4) is 0 Å². The molecule has 1 rings (SSSR count). The van der Waals surface area contributed by atoms with Crippen molar-refractivity contribution in [2.75, 3.05) is 13.2 Å². The number of hydrogen-bond acceptors (Lipinski definition) is 3. The number of benzene rings is 1. The Kier molecular flexibility index (Phi) is 6.33. The highest BCUT2D eigenvalue weighted by Gasteiger charge is 2.09. The van der Waals surface area contributed by atoms with Gasteiger partial charge in [-0.2, -0.15) is 0 Å². The SMILES string of the molecule is CC(=O)OCCCC[C@@H](CO)c1ccccc1. The van der Waals surface area contributed by atoms with Gasteiger partial charge in [-0.1, -0.05) is 30.3 Å². The molecule has 0 aliphatic carbocycles. The number of rotatable bonds is 7. The number of unbranched alkanes of at least 4 members (excludes halogenated alkanes) is 1. The molecule has 1 aromatic rings. The predicted octanol–water partition coefficient (Wildman–Crippen LogP) is 2.50. The zero-order valence-corrected chi connectivity index (χ0v) is 10.3. The highest BCUT2D eigenvalue weighted by molar-refractivity contribution is 5.65. The maximum atomic E-state index is 10.6.